The molecular weight excluding hydrogens is 370 g/mol. The van der Waals surface area contributed by atoms with Crippen molar-refractivity contribution in [3.05, 3.63) is 112 Å². The molecule has 0 radical (unpaired) electrons. The Bertz CT molecular complexity index is 1020. The van der Waals surface area contributed by atoms with Gasteiger partial charge in [-0.1, -0.05) is 83.9 Å². The SMILES string of the molecule is Cc1ccc(C2=C(O)C(=O)N(Cc3ccccc3)C2c2ccc(Cl)cc2)cc1. The molecule has 0 saturated carbocycles. The quantitative estimate of drug-likeness (QED) is 0.621. The van der Waals surface area contributed by atoms with Gasteiger partial charge in [0.25, 0.3) is 5.91 Å². The molecule has 4 heteroatoms. The highest BCUT2D eigenvalue weighted by atomic mass is 35.5. The highest BCUT2D eigenvalue weighted by Gasteiger charge is 2.40. The molecule has 3 aromatic carbocycles. The van der Waals surface area contributed by atoms with Gasteiger partial charge in [-0.05, 0) is 35.7 Å². The zero-order chi connectivity index (χ0) is 19.7. The molecule has 1 heterocycles. The predicted molar refractivity (Wildman–Crippen MR) is 112 cm³/mol. The van der Waals surface area contributed by atoms with Gasteiger partial charge < -0.3 is 10.0 Å². The van der Waals surface area contributed by atoms with Gasteiger partial charge >= 0.3 is 0 Å². The zero-order valence-electron chi connectivity index (χ0n) is 15.5. The molecule has 1 amide bonds. The van der Waals surface area contributed by atoms with Gasteiger partial charge in [-0.2, -0.15) is 0 Å². The van der Waals surface area contributed by atoms with E-state index < -0.39 is 0 Å². The first-order chi connectivity index (χ1) is 13.5. The Hall–Kier alpha value is -3.04. The van der Waals surface area contributed by atoms with E-state index in [2.05, 4.69) is 0 Å². The van der Waals surface area contributed by atoms with E-state index >= 15 is 0 Å². The van der Waals surface area contributed by atoms with E-state index in [0.717, 1.165) is 22.3 Å². The number of aryl methyl sites for hydroxylation is 1. The van der Waals surface area contributed by atoms with Crippen molar-refractivity contribution in [3.8, 4) is 0 Å². The molecule has 3 aromatic rings. The molecule has 140 valence electrons. The number of benzene rings is 3. The van der Waals surface area contributed by atoms with Crippen molar-refractivity contribution >= 4 is 23.1 Å². The molecule has 0 saturated heterocycles. The molecule has 0 bridgehead atoms. The maximum absolute atomic E-state index is 13.0. The first-order valence-electron chi connectivity index (χ1n) is 9.15. The number of nitrogens with zero attached hydrogens (tertiary/aromatic N) is 1. The summed E-state index contributed by atoms with van der Waals surface area (Å²) < 4.78 is 0. The molecule has 1 unspecified atom stereocenters. The van der Waals surface area contributed by atoms with Gasteiger partial charge in [0.2, 0.25) is 0 Å². The molecule has 0 aromatic heterocycles. The predicted octanol–water partition coefficient (Wildman–Crippen LogP) is 5.70. The second kappa shape index (κ2) is 7.53. The summed E-state index contributed by atoms with van der Waals surface area (Å²) in [5, 5.41) is 11.4. The topological polar surface area (TPSA) is 40.5 Å². The van der Waals surface area contributed by atoms with Crippen molar-refractivity contribution < 1.29 is 9.90 Å². The number of hydrogen-bond acceptors (Lipinski definition) is 2. The molecule has 28 heavy (non-hydrogen) atoms. The minimum absolute atomic E-state index is 0.195. The first kappa shape index (κ1) is 18.3. The van der Waals surface area contributed by atoms with Crippen molar-refractivity contribution in [2.75, 3.05) is 0 Å². The van der Waals surface area contributed by atoms with Crippen LogP contribution in [-0.4, -0.2) is 15.9 Å². The fraction of sp³-hybridized carbons (Fsp3) is 0.125. The van der Waals surface area contributed by atoms with Crippen LogP contribution >= 0.6 is 11.6 Å². The van der Waals surface area contributed by atoms with Crippen LogP contribution in [0.2, 0.25) is 5.02 Å². The molecular formula is C24H20ClNO2. The number of amides is 1. The summed E-state index contributed by atoms with van der Waals surface area (Å²) in [6.07, 6.45) is 0. The van der Waals surface area contributed by atoms with Gasteiger partial charge in [0.1, 0.15) is 0 Å². The Balaban J connectivity index is 1.81. The largest absolute Gasteiger partial charge is 0.503 e. The summed E-state index contributed by atoms with van der Waals surface area (Å²) in [5.74, 6) is -0.556. The second-order valence-corrected chi connectivity index (χ2v) is 7.44. The summed E-state index contributed by atoms with van der Waals surface area (Å²) in [4.78, 5) is 14.7. The monoisotopic (exact) mass is 389 g/mol. The van der Waals surface area contributed by atoms with Crippen molar-refractivity contribution in [1.82, 2.24) is 4.90 Å². The maximum atomic E-state index is 13.0. The van der Waals surface area contributed by atoms with Crippen molar-refractivity contribution in [3.63, 3.8) is 0 Å². The molecule has 0 fully saturated rings. The van der Waals surface area contributed by atoms with Crippen LogP contribution in [0.15, 0.2) is 84.6 Å². The van der Waals surface area contributed by atoms with Crippen molar-refractivity contribution in [2.24, 2.45) is 0 Å². The van der Waals surface area contributed by atoms with Gasteiger partial charge in [-0.3, -0.25) is 4.79 Å². The minimum Gasteiger partial charge on any atom is -0.503 e. The molecule has 4 rings (SSSR count). The number of halogens is 1. The minimum atomic E-state index is -0.382. The molecule has 1 atom stereocenters. The van der Waals surface area contributed by atoms with E-state index in [1.165, 1.54) is 0 Å². The third-order valence-electron chi connectivity index (χ3n) is 5.05. The van der Waals surface area contributed by atoms with Crippen LogP contribution in [0.1, 0.15) is 28.3 Å². The second-order valence-electron chi connectivity index (χ2n) is 7.00. The molecule has 1 N–H and O–H groups in total. The van der Waals surface area contributed by atoms with Crippen molar-refractivity contribution in [2.45, 2.75) is 19.5 Å². The summed E-state index contributed by atoms with van der Waals surface area (Å²) >= 11 is 6.07. The highest BCUT2D eigenvalue weighted by molar-refractivity contribution is 6.30. The van der Waals surface area contributed by atoms with E-state index in [9.17, 15) is 9.90 Å². The lowest BCUT2D eigenvalue weighted by atomic mass is 9.93. The molecule has 1 aliphatic heterocycles. The average molecular weight is 390 g/mol. The average Bonchev–Trinajstić information content (AvgIpc) is 2.95. The lowest BCUT2D eigenvalue weighted by Gasteiger charge is -2.27. The Morgan fingerprint density at radius 2 is 1.57 bits per heavy atom. The Morgan fingerprint density at radius 3 is 2.21 bits per heavy atom. The van der Waals surface area contributed by atoms with E-state index in [-0.39, 0.29) is 17.7 Å². The van der Waals surface area contributed by atoms with Gasteiger partial charge in [0.05, 0.1) is 6.04 Å². The highest BCUT2D eigenvalue weighted by Crippen LogP contribution is 2.43. The fourth-order valence-electron chi connectivity index (χ4n) is 3.62. The number of carbonyl (C=O) groups excluding carboxylic acids is 1. The maximum Gasteiger partial charge on any atom is 0.290 e. The normalized spacial score (nSPS) is 16.7. The molecule has 3 nitrogen and oxygen atoms in total. The summed E-state index contributed by atoms with van der Waals surface area (Å²) in [7, 11) is 0. The Labute approximate surface area is 169 Å². The smallest absolute Gasteiger partial charge is 0.290 e. The van der Waals surface area contributed by atoms with Crippen LogP contribution in [0, 0.1) is 6.92 Å². The van der Waals surface area contributed by atoms with E-state index in [4.69, 9.17) is 11.6 Å². The van der Waals surface area contributed by atoms with Gasteiger partial charge in [0.15, 0.2) is 5.76 Å². The van der Waals surface area contributed by atoms with Crippen LogP contribution in [0.3, 0.4) is 0 Å². The molecule has 0 spiro atoms. The molecule has 0 aliphatic carbocycles. The van der Waals surface area contributed by atoms with Crippen LogP contribution in [0.25, 0.3) is 5.57 Å². The number of carbonyl (C=O) groups is 1. The number of aliphatic hydroxyl groups excluding tert-OH is 1. The summed E-state index contributed by atoms with van der Waals surface area (Å²) in [6.45, 7) is 2.42. The third-order valence-corrected chi connectivity index (χ3v) is 5.30. The van der Waals surface area contributed by atoms with Gasteiger partial charge in [0, 0.05) is 17.1 Å². The Kier molecular flexibility index (Phi) is 4.93. The number of aliphatic hydroxyl groups is 1. The first-order valence-corrected chi connectivity index (χ1v) is 9.53. The third kappa shape index (κ3) is 3.41. The number of hydrogen-bond donors (Lipinski definition) is 1. The van der Waals surface area contributed by atoms with E-state index in [0.29, 0.717) is 17.1 Å². The van der Waals surface area contributed by atoms with Crippen LogP contribution in [0.5, 0.6) is 0 Å². The van der Waals surface area contributed by atoms with E-state index in [1.807, 2.05) is 85.8 Å². The van der Waals surface area contributed by atoms with Crippen molar-refractivity contribution in [1.29, 1.82) is 0 Å². The lowest BCUT2D eigenvalue weighted by molar-refractivity contribution is -0.130. The molecule has 1 aliphatic rings. The van der Waals surface area contributed by atoms with Gasteiger partial charge in [-0.25, -0.2) is 0 Å². The summed E-state index contributed by atoms with van der Waals surface area (Å²) in [5.41, 5.74) is 4.51. The zero-order valence-corrected chi connectivity index (χ0v) is 16.2. The fourth-order valence-corrected chi connectivity index (χ4v) is 3.74. The van der Waals surface area contributed by atoms with E-state index in [1.54, 1.807) is 4.90 Å². The summed E-state index contributed by atoms with van der Waals surface area (Å²) in [6, 6.07) is 24.7. The lowest BCUT2D eigenvalue weighted by Crippen LogP contribution is -2.29. The number of rotatable bonds is 4. The van der Waals surface area contributed by atoms with Gasteiger partial charge in [-0.15, -0.1) is 0 Å². The standard InChI is InChI=1S/C24H20ClNO2/c1-16-7-9-18(10-8-16)21-22(19-11-13-20(25)14-12-19)26(24(28)23(21)27)15-17-5-3-2-4-6-17/h2-14,22,27H,15H2,1H3. The Morgan fingerprint density at radius 1 is 0.929 bits per heavy atom. The van der Waals surface area contributed by atoms with Crippen LogP contribution in [0.4, 0.5) is 0 Å². The van der Waals surface area contributed by atoms with Crippen LogP contribution < -0.4 is 0 Å². The van der Waals surface area contributed by atoms with Crippen LogP contribution in [-0.2, 0) is 11.3 Å².